The number of ether oxygens (including phenoxy) is 1. The number of hydrogen-bond donors (Lipinski definition) is 3. The van der Waals surface area contributed by atoms with Crippen molar-refractivity contribution in [1.82, 2.24) is 10.3 Å². The van der Waals surface area contributed by atoms with Crippen molar-refractivity contribution in [3.05, 3.63) is 99.6 Å². The molecule has 0 unspecified atom stereocenters. The lowest BCUT2D eigenvalue weighted by atomic mass is 10.1. The Morgan fingerprint density at radius 1 is 1.10 bits per heavy atom. The lowest BCUT2D eigenvalue weighted by molar-refractivity contribution is -0.123. The maximum Gasteiger partial charge on any atom is 0.258 e. The first-order chi connectivity index (χ1) is 19.1. The second-order valence-electron chi connectivity index (χ2n) is 8.68. The van der Waals surface area contributed by atoms with Gasteiger partial charge in [-0.2, -0.15) is 0 Å². The van der Waals surface area contributed by atoms with Crippen LogP contribution in [0, 0.1) is 5.82 Å². The van der Waals surface area contributed by atoms with Crippen molar-refractivity contribution in [3.8, 4) is 5.75 Å². The largest absolute Gasteiger partial charge is 0.484 e. The fraction of sp³-hybridized carbons (Fsp3) is 0.143. The number of nitrogens with zero attached hydrogens (tertiary/aromatic N) is 2. The van der Waals surface area contributed by atoms with E-state index in [1.165, 1.54) is 29.2 Å². The van der Waals surface area contributed by atoms with Gasteiger partial charge in [0.15, 0.2) is 11.7 Å². The minimum absolute atomic E-state index is 0.0227. The predicted octanol–water partition coefficient (Wildman–Crippen LogP) is 4.46. The second-order valence-corrected chi connectivity index (χ2v) is 10.1. The second kappa shape index (κ2) is 12.6. The first-order valence-corrected chi connectivity index (χ1v) is 13.2. The van der Waals surface area contributed by atoms with Gasteiger partial charge in [0.2, 0.25) is 11.7 Å². The first kappa shape index (κ1) is 28.5. The van der Waals surface area contributed by atoms with Gasteiger partial charge in [0.25, 0.3) is 5.91 Å². The highest BCUT2D eigenvalue weighted by molar-refractivity contribution is 7.18. The number of nitrogens with two attached hydrogens (primary N) is 2. The van der Waals surface area contributed by atoms with Gasteiger partial charge in [-0.3, -0.25) is 14.4 Å². The third kappa shape index (κ3) is 6.93. The van der Waals surface area contributed by atoms with E-state index in [1.807, 2.05) is 6.07 Å². The summed E-state index contributed by atoms with van der Waals surface area (Å²) in [6, 6.07) is 18.0. The van der Waals surface area contributed by atoms with Crippen LogP contribution >= 0.6 is 22.9 Å². The highest BCUT2D eigenvalue weighted by atomic mass is 35.5. The van der Waals surface area contributed by atoms with Crippen molar-refractivity contribution < 1.29 is 23.5 Å². The zero-order valence-electron chi connectivity index (χ0n) is 21.3. The molecule has 0 fully saturated rings. The molecule has 2 amide bonds. The summed E-state index contributed by atoms with van der Waals surface area (Å²) >= 11 is 6.94. The molecule has 1 aromatic heterocycles. The number of primary amides is 1. The van der Waals surface area contributed by atoms with Gasteiger partial charge in [-0.1, -0.05) is 35.1 Å². The third-order valence-electron chi connectivity index (χ3n) is 5.82. The number of rotatable bonds is 11. The fourth-order valence-electron chi connectivity index (χ4n) is 3.70. The summed E-state index contributed by atoms with van der Waals surface area (Å²) in [6.07, 6.45) is 0. The summed E-state index contributed by atoms with van der Waals surface area (Å²) in [5.41, 5.74) is 13.2. The van der Waals surface area contributed by atoms with Crippen LogP contribution in [0.3, 0.4) is 0 Å². The molecule has 206 valence electrons. The number of amides is 2. The van der Waals surface area contributed by atoms with Crippen LogP contribution in [0.4, 0.5) is 21.0 Å². The molecule has 0 bridgehead atoms. The number of nitrogens with one attached hydrogen (secondary N) is 1. The number of carbonyl (C=O) groups excluding carboxylic acids is 3. The van der Waals surface area contributed by atoms with Crippen molar-refractivity contribution in [2.45, 2.75) is 19.5 Å². The Kier molecular flexibility index (Phi) is 8.97. The summed E-state index contributed by atoms with van der Waals surface area (Å²) in [5.74, 6) is -1.43. The molecule has 4 aromatic rings. The van der Waals surface area contributed by atoms with Crippen molar-refractivity contribution in [2.24, 2.45) is 5.73 Å². The molecule has 0 radical (unpaired) electrons. The molecule has 0 spiro atoms. The van der Waals surface area contributed by atoms with Gasteiger partial charge in [-0.15, -0.1) is 0 Å². The van der Waals surface area contributed by atoms with Crippen LogP contribution in [0.25, 0.3) is 0 Å². The average molecular weight is 582 g/mol. The summed E-state index contributed by atoms with van der Waals surface area (Å²) in [5, 5.41) is 3.58. The van der Waals surface area contributed by atoms with E-state index < -0.39 is 23.5 Å². The average Bonchev–Trinajstić information content (AvgIpc) is 3.32. The third-order valence-corrected chi connectivity index (χ3v) is 7.13. The molecule has 1 heterocycles. The normalized spacial score (nSPS) is 11.5. The molecule has 0 aliphatic carbocycles. The number of halogens is 2. The highest BCUT2D eigenvalue weighted by Gasteiger charge is 2.27. The topological polar surface area (TPSA) is 141 Å². The van der Waals surface area contributed by atoms with Gasteiger partial charge in [0, 0.05) is 22.8 Å². The lowest BCUT2D eigenvalue weighted by Crippen LogP contribution is -2.39. The number of anilines is 3. The van der Waals surface area contributed by atoms with Crippen molar-refractivity contribution in [1.29, 1.82) is 0 Å². The van der Waals surface area contributed by atoms with E-state index in [0.717, 1.165) is 16.9 Å². The molecule has 0 saturated carbocycles. The molecule has 12 heteroatoms. The van der Waals surface area contributed by atoms with Gasteiger partial charge in [-0.05, 0) is 73.2 Å². The standard InChI is InChI=1S/C28H25ClFN5O4S/c1-16(27(32)38)35(21-9-7-20(30)8-10-21)28-34-26(31)25(40-28)24(37)18-5-11-22(12-6-18)39-15-23(36)33-14-17-3-2-4-19(29)13-17/h2-13,16H,14-15,31H2,1H3,(H2,32,38)(H,33,36)/t16-/m1/s1. The molecule has 3 aromatic carbocycles. The number of aromatic nitrogens is 1. The van der Waals surface area contributed by atoms with E-state index in [2.05, 4.69) is 10.3 Å². The number of ketones is 1. The number of hydrogen-bond acceptors (Lipinski definition) is 8. The van der Waals surface area contributed by atoms with Gasteiger partial charge in [0.05, 0.1) is 0 Å². The zero-order chi connectivity index (χ0) is 28.8. The van der Waals surface area contributed by atoms with Crippen molar-refractivity contribution in [3.63, 3.8) is 0 Å². The maximum atomic E-state index is 13.5. The van der Waals surface area contributed by atoms with Crippen LogP contribution in [-0.2, 0) is 16.1 Å². The molecule has 0 aliphatic heterocycles. The van der Waals surface area contributed by atoms with Crippen molar-refractivity contribution in [2.75, 3.05) is 17.2 Å². The van der Waals surface area contributed by atoms with Crippen LogP contribution in [0.5, 0.6) is 5.75 Å². The van der Waals surface area contributed by atoms with E-state index in [9.17, 15) is 18.8 Å². The van der Waals surface area contributed by atoms with Crippen LogP contribution in [0.1, 0.15) is 27.7 Å². The molecule has 0 aliphatic rings. The molecule has 4 rings (SSSR count). The summed E-state index contributed by atoms with van der Waals surface area (Å²) in [6.45, 7) is 1.67. The molecule has 0 saturated heterocycles. The lowest BCUT2D eigenvalue weighted by Gasteiger charge is -2.26. The fourth-order valence-corrected chi connectivity index (χ4v) is 4.96. The number of thiazole rings is 1. The van der Waals surface area contributed by atoms with Gasteiger partial charge < -0.3 is 26.4 Å². The van der Waals surface area contributed by atoms with Crippen LogP contribution in [-0.4, -0.2) is 35.2 Å². The Morgan fingerprint density at radius 2 is 1.80 bits per heavy atom. The van der Waals surface area contributed by atoms with E-state index in [1.54, 1.807) is 49.4 Å². The molecular weight excluding hydrogens is 557 g/mol. The number of nitrogen functional groups attached to an aromatic ring is 1. The number of benzene rings is 3. The van der Waals surface area contributed by atoms with Crippen LogP contribution in [0.15, 0.2) is 72.8 Å². The molecule has 9 nitrogen and oxygen atoms in total. The summed E-state index contributed by atoms with van der Waals surface area (Å²) in [4.78, 5) is 43.3. The maximum absolute atomic E-state index is 13.5. The SMILES string of the molecule is C[C@H](C(N)=O)N(c1ccc(F)cc1)c1nc(N)c(C(=O)c2ccc(OCC(=O)NCc3cccc(Cl)c3)cc2)s1. The zero-order valence-corrected chi connectivity index (χ0v) is 22.8. The molecular formula is C28H25ClFN5O4S. The van der Waals surface area contributed by atoms with E-state index in [-0.39, 0.29) is 28.3 Å². The molecule has 40 heavy (non-hydrogen) atoms. The predicted molar refractivity (Wildman–Crippen MR) is 152 cm³/mol. The Bertz CT molecular complexity index is 1530. The molecule has 5 N–H and O–H groups in total. The van der Waals surface area contributed by atoms with Gasteiger partial charge in [-0.25, -0.2) is 9.37 Å². The minimum Gasteiger partial charge on any atom is -0.484 e. The number of carbonyl (C=O) groups is 3. The Labute approximate surface area is 238 Å². The summed E-state index contributed by atoms with van der Waals surface area (Å²) < 4.78 is 19.0. The van der Waals surface area contributed by atoms with E-state index in [4.69, 9.17) is 27.8 Å². The van der Waals surface area contributed by atoms with E-state index in [0.29, 0.717) is 28.6 Å². The quantitative estimate of drug-likeness (QED) is 0.222. The Morgan fingerprint density at radius 3 is 2.45 bits per heavy atom. The first-order valence-electron chi connectivity index (χ1n) is 12.0. The molecule has 1 atom stereocenters. The van der Waals surface area contributed by atoms with Gasteiger partial charge >= 0.3 is 0 Å². The monoisotopic (exact) mass is 581 g/mol. The van der Waals surface area contributed by atoms with E-state index >= 15 is 0 Å². The Hall–Kier alpha value is -4.48. The Balaban J connectivity index is 1.42. The van der Waals surface area contributed by atoms with Gasteiger partial charge in [0.1, 0.15) is 28.3 Å². The summed E-state index contributed by atoms with van der Waals surface area (Å²) in [7, 11) is 0. The van der Waals surface area contributed by atoms with Crippen molar-refractivity contribution >= 4 is 57.2 Å². The van der Waals surface area contributed by atoms with Crippen LogP contribution in [0.2, 0.25) is 5.02 Å². The highest BCUT2D eigenvalue weighted by Crippen LogP contribution is 2.36. The smallest absolute Gasteiger partial charge is 0.258 e. The minimum atomic E-state index is -0.849. The van der Waals surface area contributed by atoms with Crippen LogP contribution < -0.4 is 26.4 Å².